The molecule has 1 aliphatic rings. The minimum absolute atomic E-state index is 0.269. The molecule has 1 atom stereocenters. The third-order valence-electron chi connectivity index (χ3n) is 4.13. The number of nitrogens with one attached hydrogen (secondary N) is 1. The predicted molar refractivity (Wildman–Crippen MR) is 85.1 cm³/mol. The first kappa shape index (κ1) is 13.8. The second-order valence-corrected chi connectivity index (χ2v) is 5.68. The maximum atomic E-state index is 9.64. The SMILES string of the molecule is COc1ccc(C)cc1NC1CCCc2cc(O)ccc21. The minimum Gasteiger partial charge on any atom is -0.508 e. The fraction of sp³-hybridized carbons (Fsp3) is 0.333. The second kappa shape index (κ2) is 5.68. The molecule has 2 aromatic carbocycles. The van der Waals surface area contributed by atoms with Gasteiger partial charge in [-0.25, -0.2) is 0 Å². The summed E-state index contributed by atoms with van der Waals surface area (Å²) >= 11 is 0. The Labute approximate surface area is 125 Å². The minimum atomic E-state index is 0.269. The van der Waals surface area contributed by atoms with Crippen molar-refractivity contribution in [2.45, 2.75) is 32.2 Å². The van der Waals surface area contributed by atoms with E-state index < -0.39 is 0 Å². The van der Waals surface area contributed by atoms with E-state index in [0.717, 1.165) is 30.7 Å². The molecule has 21 heavy (non-hydrogen) atoms. The van der Waals surface area contributed by atoms with Gasteiger partial charge in [0.25, 0.3) is 0 Å². The van der Waals surface area contributed by atoms with Crippen LogP contribution in [-0.4, -0.2) is 12.2 Å². The lowest BCUT2D eigenvalue weighted by molar-refractivity contribution is 0.415. The standard InChI is InChI=1S/C18H21NO2/c1-12-6-9-18(21-2)17(10-12)19-16-5-3-4-13-11-14(20)7-8-15(13)16/h6-11,16,19-20H,3-5H2,1-2H3. The highest BCUT2D eigenvalue weighted by molar-refractivity contribution is 5.59. The van der Waals surface area contributed by atoms with Crippen LogP contribution in [0, 0.1) is 6.92 Å². The monoisotopic (exact) mass is 283 g/mol. The molecule has 0 amide bonds. The Hall–Kier alpha value is -2.16. The van der Waals surface area contributed by atoms with Crippen LogP contribution < -0.4 is 10.1 Å². The molecule has 0 saturated carbocycles. The third kappa shape index (κ3) is 2.82. The average Bonchev–Trinajstić information content (AvgIpc) is 2.47. The molecular weight excluding hydrogens is 262 g/mol. The molecule has 2 aromatic rings. The Bertz CT molecular complexity index is 652. The van der Waals surface area contributed by atoms with Crippen LogP contribution >= 0.6 is 0 Å². The van der Waals surface area contributed by atoms with Crippen LogP contribution in [0.1, 0.15) is 35.6 Å². The van der Waals surface area contributed by atoms with Gasteiger partial charge in [-0.15, -0.1) is 0 Å². The lowest BCUT2D eigenvalue weighted by atomic mass is 9.87. The first-order valence-corrected chi connectivity index (χ1v) is 7.40. The zero-order chi connectivity index (χ0) is 14.8. The molecular formula is C18H21NO2. The van der Waals surface area contributed by atoms with Gasteiger partial charge in [0.05, 0.1) is 18.8 Å². The number of hydrogen-bond acceptors (Lipinski definition) is 3. The summed E-state index contributed by atoms with van der Waals surface area (Å²) in [5.74, 6) is 1.22. The number of anilines is 1. The van der Waals surface area contributed by atoms with E-state index in [1.165, 1.54) is 16.7 Å². The maximum absolute atomic E-state index is 9.64. The zero-order valence-electron chi connectivity index (χ0n) is 12.5. The molecule has 0 heterocycles. The number of aromatic hydroxyl groups is 1. The second-order valence-electron chi connectivity index (χ2n) is 5.68. The highest BCUT2D eigenvalue weighted by Gasteiger charge is 2.21. The summed E-state index contributed by atoms with van der Waals surface area (Å²) < 4.78 is 5.45. The van der Waals surface area contributed by atoms with Crippen molar-refractivity contribution < 1.29 is 9.84 Å². The van der Waals surface area contributed by atoms with Crippen molar-refractivity contribution in [3.63, 3.8) is 0 Å². The number of ether oxygens (including phenoxy) is 1. The first-order chi connectivity index (χ1) is 10.2. The van der Waals surface area contributed by atoms with Gasteiger partial charge in [0, 0.05) is 0 Å². The Morgan fingerprint density at radius 1 is 1.19 bits per heavy atom. The van der Waals surface area contributed by atoms with Gasteiger partial charge in [0.2, 0.25) is 0 Å². The lowest BCUT2D eigenvalue weighted by Crippen LogP contribution is -2.17. The molecule has 110 valence electrons. The summed E-state index contributed by atoms with van der Waals surface area (Å²) in [5.41, 5.74) is 4.76. The molecule has 0 saturated heterocycles. The number of aryl methyl sites for hydroxylation is 2. The molecule has 0 radical (unpaired) electrons. The van der Waals surface area contributed by atoms with E-state index in [9.17, 15) is 5.11 Å². The van der Waals surface area contributed by atoms with Crippen molar-refractivity contribution in [1.82, 2.24) is 0 Å². The van der Waals surface area contributed by atoms with Crippen LogP contribution in [0.4, 0.5) is 5.69 Å². The highest BCUT2D eigenvalue weighted by atomic mass is 16.5. The van der Waals surface area contributed by atoms with Crippen LogP contribution in [0.2, 0.25) is 0 Å². The average molecular weight is 283 g/mol. The number of hydrogen-bond donors (Lipinski definition) is 2. The molecule has 3 nitrogen and oxygen atoms in total. The Kier molecular flexibility index (Phi) is 3.74. The van der Waals surface area contributed by atoms with Gasteiger partial charge in [0.15, 0.2) is 0 Å². The van der Waals surface area contributed by atoms with Gasteiger partial charge in [0.1, 0.15) is 11.5 Å². The largest absolute Gasteiger partial charge is 0.508 e. The summed E-state index contributed by atoms with van der Waals surface area (Å²) in [4.78, 5) is 0. The molecule has 0 aliphatic heterocycles. The smallest absolute Gasteiger partial charge is 0.141 e. The normalized spacial score (nSPS) is 17.1. The van der Waals surface area contributed by atoms with E-state index >= 15 is 0 Å². The maximum Gasteiger partial charge on any atom is 0.141 e. The highest BCUT2D eigenvalue weighted by Crippen LogP contribution is 2.36. The van der Waals surface area contributed by atoms with E-state index in [1.54, 1.807) is 13.2 Å². The Morgan fingerprint density at radius 3 is 2.86 bits per heavy atom. The van der Waals surface area contributed by atoms with E-state index in [2.05, 4.69) is 24.4 Å². The van der Waals surface area contributed by atoms with Crippen LogP contribution in [0.25, 0.3) is 0 Å². The molecule has 2 N–H and O–H groups in total. The summed E-state index contributed by atoms with van der Waals surface area (Å²) in [6.07, 6.45) is 3.25. The van der Waals surface area contributed by atoms with Gasteiger partial charge in [-0.05, 0) is 67.1 Å². The molecule has 1 aliphatic carbocycles. The molecule has 3 rings (SSSR count). The summed E-state index contributed by atoms with van der Waals surface area (Å²) in [6.45, 7) is 2.08. The molecule has 0 fully saturated rings. The van der Waals surface area contributed by atoms with Crippen molar-refractivity contribution in [3.8, 4) is 11.5 Å². The molecule has 3 heteroatoms. The van der Waals surface area contributed by atoms with Gasteiger partial charge >= 0.3 is 0 Å². The Morgan fingerprint density at radius 2 is 2.05 bits per heavy atom. The fourth-order valence-corrected chi connectivity index (χ4v) is 3.07. The van der Waals surface area contributed by atoms with Crippen molar-refractivity contribution in [3.05, 3.63) is 53.1 Å². The number of benzene rings is 2. The van der Waals surface area contributed by atoms with Gasteiger partial charge in [-0.1, -0.05) is 12.1 Å². The van der Waals surface area contributed by atoms with Crippen molar-refractivity contribution in [2.75, 3.05) is 12.4 Å². The summed E-state index contributed by atoms with van der Waals surface area (Å²) in [5, 5.41) is 13.3. The fourth-order valence-electron chi connectivity index (χ4n) is 3.07. The van der Waals surface area contributed by atoms with Gasteiger partial charge in [-0.2, -0.15) is 0 Å². The number of rotatable bonds is 3. The first-order valence-electron chi connectivity index (χ1n) is 7.40. The number of phenols is 1. The van der Waals surface area contributed by atoms with E-state index in [0.29, 0.717) is 5.75 Å². The predicted octanol–water partition coefficient (Wildman–Crippen LogP) is 4.20. The van der Waals surface area contributed by atoms with Crippen LogP contribution in [0.3, 0.4) is 0 Å². The topological polar surface area (TPSA) is 41.5 Å². The zero-order valence-corrected chi connectivity index (χ0v) is 12.5. The number of phenolic OH excluding ortho intramolecular Hbond substituents is 1. The van der Waals surface area contributed by atoms with Crippen molar-refractivity contribution in [1.29, 1.82) is 0 Å². The van der Waals surface area contributed by atoms with Crippen molar-refractivity contribution >= 4 is 5.69 Å². The van der Waals surface area contributed by atoms with Crippen LogP contribution in [-0.2, 0) is 6.42 Å². The molecule has 1 unspecified atom stereocenters. The van der Waals surface area contributed by atoms with Gasteiger partial charge < -0.3 is 15.2 Å². The Balaban J connectivity index is 1.92. The molecule has 0 spiro atoms. The van der Waals surface area contributed by atoms with Gasteiger partial charge in [-0.3, -0.25) is 0 Å². The van der Waals surface area contributed by atoms with E-state index in [1.807, 2.05) is 18.2 Å². The van der Waals surface area contributed by atoms with Crippen LogP contribution in [0.5, 0.6) is 11.5 Å². The van der Waals surface area contributed by atoms with E-state index in [-0.39, 0.29) is 6.04 Å². The third-order valence-corrected chi connectivity index (χ3v) is 4.13. The summed E-state index contributed by atoms with van der Waals surface area (Å²) in [7, 11) is 1.70. The molecule has 0 bridgehead atoms. The van der Waals surface area contributed by atoms with E-state index in [4.69, 9.17) is 4.74 Å². The molecule has 0 aromatic heterocycles. The van der Waals surface area contributed by atoms with Crippen molar-refractivity contribution in [2.24, 2.45) is 0 Å². The quantitative estimate of drug-likeness (QED) is 0.887. The summed E-state index contributed by atoms with van der Waals surface area (Å²) in [6, 6.07) is 12.1. The number of fused-ring (bicyclic) bond motifs is 1. The lowest BCUT2D eigenvalue weighted by Gasteiger charge is -2.28. The number of methoxy groups -OCH3 is 1. The van der Waals surface area contributed by atoms with Crippen LogP contribution in [0.15, 0.2) is 36.4 Å².